The van der Waals surface area contributed by atoms with Crippen LogP contribution < -0.4 is 5.73 Å². The number of hydrogen-bond acceptors (Lipinski definition) is 4. The zero-order valence-electron chi connectivity index (χ0n) is 7.30. The molecule has 0 bridgehead atoms. The maximum atomic E-state index is 10.1. The van der Waals surface area contributed by atoms with Gasteiger partial charge in [-0.2, -0.15) is 0 Å². The fourth-order valence-electron chi connectivity index (χ4n) is 0.654. The van der Waals surface area contributed by atoms with Crippen LogP contribution in [0.4, 0.5) is 11.4 Å². The van der Waals surface area contributed by atoms with Gasteiger partial charge in [0.05, 0.1) is 4.92 Å². The number of rotatable bonds is 1. The summed E-state index contributed by atoms with van der Waals surface area (Å²) in [6.45, 7) is 1.93. The van der Waals surface area contributed by atoms with Gasteiger partial charge in [-0.3, -0.25) is 10.1 Å². The number of nitro groups is 1. The van der Waals surface area contributed by atoms with Crippen LogP contribution in [0.15, 0.2) is 24.3 Å². The molecule has 5 heteroatoms. The molecule has 1 aromatic carbocycles. The summed E-state index contributed by atoms with van der Waals surface area (Å²) in [5.74, 6) is 0. The Morgan fingerprint density at radius 3 is 2.31 bits per heavy atom. The second kappa shape index (κ2) is 5.96. The van der Waals surface area contributed by atoms with Crippen molar-refractivity contribution >= 4 is 11.4 Å². The lowest BCUT2D eigenvalue weighted by Gasteiger charge is -1.92. The van der Waals surface area contributed by atoms with Crippen molar-refractivity contribution in [3.63, 3.8) is 0 Å². The summed E-state index contributed by atoms with van der Waals surface area (Å²) in [5, 5.41) is 17.7. The van der Waals surface area contributed by atoms with E-state index in [-0.39, 0.29) is 18.0 Å². The van der Waals surface area contributed by atoms with Crippen molar-refractivity contribution in [3.05, 3.63) is 34.4 Å². The van der Waals surface area contributed by atoms with Crippen molar-refractivity contribution in [1.82, 2.24) is 0 Å². The van der Waals surface area contributed by atoms with Crippen molar-refractivity contribution < 1.29 is 10.0 Å². The molecule has 0 amide bonds. The Labute approximate surface area is 76.0 Å². The number of nitro benzene ring substituents is 1. The molecule has 0 saturated carbocycles. The van der Waals surface area contributed by atoms with Gasteiger partial charge in [-0.25, -0.2) is 0 Å². The number of para-hydroxylation sites is 2. The summed E-state index contributed by atoms with van der Waals surface area (Å²) in [6, 6.07) is 6.10. The van der Waals surface area contributed by atoms with Gasteiger partial charge >= 0.3 is 0 Å². The summed E-state index contributed by atoms with van der Waals surface area (Å²) in [4.78, 5) is 9.64. The number of anilines is 1. The minimum Gasteiger partial charge on any atom is -0.397 e. The third-order valence-corrected chi connectivity index (χ3v) is 1.13. The molecule has 0 atom stereocenters. The average Bonchev–Trinajstić information content (AvgIpc) is 2.06. The van der Waals surface area contributed by atoms with Gasteiger partial charge in [-0.1, -0.05) is 12.1 Å². The van der Waals surface area contributed by atoms with Crippen molar-refractivity contribution in [3.8, 4) is 0 Å². The quantitative estimate of drug-likeness (QED) is 0.389. The Bertz CT molecular complexity index is 276. The van der Waals surface area contributed by atoms with Crippen LogP contribution in [0.1, 0.15) is 6.92 Å². The van der Waals surface area contributed by atoms with Crippen LogP contribution in [-0.4, -0.2) is 16.6 Å². The van der Waals surface area contributed by atoms with Gasteiger partial charge in [0.15, 0.2) is 0 Å². The average molecular weight is 184 g/mol. The molecule has 13 heavy (non-hydrogen) atoms. The van der Waals surface area contributed by atoms with E-state index in [1.54, 1.807) is 19.1 Å². The predicted octanol–water partition coefficient (Wildman–Crippen LogP) is 1.18. The second-order valence-electron chi connectivity index (χ2n) is 2.13. The summed E-state index contributed by atoms with van der Waals surface area (Å²) in [5.41, 5.74) is 5.44. The predicted molar refractivity (Wildman–Crippen MR) is 50.3 cm³/mol. The smallest absolute Gasteiger partial charge is 0.292 e. The highest BCUT2D eigenvalue weighted by atomic mass is 16.6. The van der Waals surface area contributed by atoms with Gasteiger partial charge in [0.2, 0.25) is 0 Å². The van der Waals surface area contributed by atoms with Crippen LogP contribution in [0.2, 0.25) is 0 Å². The molecule has 0 unspecified atom stereocenters. The Balaban J connectivity index is 0.000000424. The van der Waals surface area contributed by atoms with E-state index in [2.05, 4.69) is 0 Å². The van der Waals surface area contributed by atoms with Crippen LogP contribution in [0, 0.1) is 10.1 Å². The zero-order chi connectivity index (χ0) is 10.3. The maximum absolute atomic E-state index is 10.1. The maximum Gasteiger partial charge on any atom is 0.292 e. The summed E-state index contributed by atoms with van der Waals surface area (Å²) < 4.78 is 0. The van der Waals surface area contributed by atoms with Gasteiger partial charge in [0, 0.05) is 12.7 Å². The number of aliphatic hydroxyl groups is 1. The Morgan fingerprint density at radius 2 is 2.00 bits per heavy atom. The molecular weight excluding hydrogens is 172 g/mol. The number of nitrogens with two attached hydrogens (primary N) is 1. The van der Waals surface area contributed by atoms with E-state index < -0.39 is 4.92 Å². The fraction of sp³-hybridized carbons (Fsp3) is 0.250. The number of nitrogens with zero attached hydrogens (tertiary/aromatic N) is 1. The Morgan fingerprint density at radius 1 is 1.54 bits per heavy atom. The van der Waals surface area contributed by atoms with Crippen LogP contribution in [0.5, 0.6) is 0 Å². The lowest BCUT2D eigenvalue weighted by atomic mass is 10.3. The van der Waals surface area contributed by atoms with Gasteiger partial charge in [0.1, 0.15) is 5.69 Å². The van der Waals surface area contributed by atoms with Crippen LogP contribution >= 0.6 is 0 Å². The fourth-order valence-corrected chi connectivity index (χ4v) is 0.654. The first kappa shape index (κ1) is 11.4. The molecule has 0 heterocycles. The van der Waals surface area contributed by atoms with Crippen LogP contribution in [-0.2, 0) is 0 Å². The molecule has 1 rings (SSSR count). The third-order valence-electron chi connectivity index (χ3n) is 1.13. The molecule has 0 saturated heterocycles. The molecular formula is C8H12N2O3. The first-order valence-electron chi connectivity index (χ1n) is 3.73. The molecule has 5 nitrogen and oxygen atoms in total. The molecule has 72 valence electrons. The zero-order valence-corrected chi connectivity index (χ0v) is 7.30. The van der Waals surface area contributed by atoms with Crippen molar-refractivity contribution in [1.29, 1.82) is 0 Å². The Kier molecular flexibility index (Phi) is 5.22. The van der Waals surface area contributed by atoms with Gasteiger partial charge in [0.25, 0.3) is 5.69 Å². The van der Waals surface area contributed by atoms with Crippen molar-refractivity contribution in [2.75, 3.05) is 12.3 Å². The third kappa shape index (κ3) is 4.07. The van der Waals surface area contributed by atoms with E-state index in [0.717, 1.165) is 0 Å². The van der Waals surface area contributed by atoms with Crippen LogP contribution in [0.3, 0.4) is 0 Å². The summed E-state index contributed by atoms with van der Waals surface area (Å²) in [7, 11) is 0. The van der Waals surface area contributed by atoms with E-state index >= 15 is 0 Å². The number of nitrogen functional groups attached to an aromatic ring is 1. The van der Waals surface area contributed by atoms with E-state index in [1.165, 1.54) is 12.1 Å². The molecule has 0 aliphatic heterocycles. The second-order valence-corrected chi connectivity index (χ2v) is 2.13. The molecule has 1 aromatic rings. The SMILES string of the molecule is CCO.Nc1ccccc1[N+](=O)[O-]. The lowest BCUT2D eigenvalue weighted by molar-refractivity contribution is -0.383. The lowest BCUT2D eigenvalue weighted by Crippen LogP contribution is -1.93. The molecule has 0 aliphatic rings. The highest BCUT2D eigenvalue weighted by molar-refractivity contribution is 5.57. The highest BCUT2D eigenvalue weighted by Gasteiger charge is 2.07. The first-order valence-corrected chi connectivity index (χ1v) is 3.73. The van der Waals surface area contributed by atoms with Crippen molar-refractivity contribution in [2.45, 2.75) is 6.92 Å². The normalized spacial score (nSPS) is 8.46. The molecule has 0 aliphatic carbocycles. The minimum atomic E-state index is -0.505. The molecule has 3 N–H and O–H groups in total. The van der Waals surface area contributed by atoms with E-state index in [0.29, 0.717) is 0 Å². The summed E-state index contributed by atoms with van der Waals surface area (Å²) in [6.07, 6.45) is 0. The summed E-state index contributed by atoms with van der Waals surface area (Å²) >= 11 is 0. The number of benzene rings is 1. The van der Waals surface area contributed by atoms with E-state index in [1.807, 2.05) is 0 Å². The monoisotopic (exact) mass is 184 g/mol. The Hall–Kier alpha value is -1.62. The molecule has 0 fully saturated rings. The first-order chi connectivity index (χ1) is 6.13. The minimum absolute atomic E-state index is 0.0394. The van der Waals surface area contributed by atoms with Gasteiger partial charge in [-0.05, 0) is 13.0 Å². The standard InChI is InChI=1S/C6H6N2O2.C2H6O/c7-5-3-1-2-4-6(5)8(9)10;1-2-3/h1-4H,7H2;3H,2H2,1H3. The van der Waals surface area contributed by atoms with Gasteiger partial charge < -0.3 is 10.8 Å². The van der Waals surface area contributed by atoms with E-state index in [4.69, 9.17) is 10.8 Å². The molecule has 0 radical (unpaired) electrons. The van der Waals surface area contributed by atoms with E-state index in [9.17, 15) is 10.1 Å². The molecule has 0 aromatic heterocycles. The van der Waals surface area contributed by atoms with Crippen molar-refractivity contribution in [2.24, 2.45) is 0 Å². The topological polar surface area (TPSA) is 89.4 Å². The number of aliphatic hydroxyl groups excluding tert-OH is 1. The molecule has 0 spiro atoms. The van der Waals surface area contributed by atoms with Gasteiger partial charge in [-0.15, -0.1) is 0 Å². The highest BCUT2D eigenvalue weighted by Crippen LogP contribution is 2.18. The van der Waals surface area contributed by atoms with Crippen LogP contribution in [0.25, 0.3) is 0 Å². The largest absolute Gasteiger partial charge is 0.397 e. The number of hydrogen-bond donors (Lipinski definition) is 2.